The minimum Gasteiger partial charge on any atom is -0.492 e. The molecule has 1 aromatic heterocycles. The highest BCUT2D eigenvalue weighted by Gasteiger charge is 2.17. The number of nitrogens with one attached hydrogen (secondary N) is 1. The first-order chi connectivity index (χ1) is 15.1. The molecule has 3 rings (SSSR count). The maximum Gasteiger partial charge on any atom is 0.268 e. The Kier molecular flexibility index (Phi) is 7.81. The van der Waals surface area contributed by atoms with Crippen molar-refractivity contribution in [1.82, 2.24) is 9.97 Å². The lowest BCUT2D eigenvalue weighted by atomic mass is 9.99. The van der Waals surface area contributed by atoms with Gasteiger partial charge in [-0.05, 0) is 36.6 Å². The fraction of sp³-hybridized carbons (Fsp3) is 0.292. The Morgan fingerprint density at radius 1 is 1.06 bits per heavy atom. The number of hydrogen-bond donors (Lipinski definition) is 2. The Bertz CT molecular complexity index is 992. The molecule has 3 N–H and O–H groups in total. The van der Waals surface area contributed by atoms with E-state index in [-0.39, 0.29) is 11.6 Å². The quantitative estimate of drug-likeness (QED) is 0.435. The first-order valence-electron chi connectivity index (χ1n) is 10.4. The summed E-state index contributed by atoms with van der Waals surface area (Å²) in [4.78, 5) is 19.3. The molecule has 0 unspecified atom stereocenters. The summed E-state index contributed by atoms with van der Waals surface area (Å²) in [6.07, 6.45) is 7.07. The summed E-state index contributed by atoms with van der Waals surface area (Å²) in [6.45, 7) is 2.79. The summed E-state index contributed by atoms with van der Waals surface area (Å²) in [5, 5.41) is 3.46. The number of benzene rings is 2. The Morgan fingerprint density at radius 3 is 2.52 bits per heavy atom. The van der Waals surface area contributed by atoms with Crippen molar-refractivity contribution in [2.45, 2.75) is 39.2 Å². The number of para-hydroxylation sites is 1. The summed E-state index contributed by atoms with van der Waals surface area (Å²) in [7, 11) is 1.63. The van der Waals surface area contributed by atoms with Gasteiger partial charge in [0.1, 0.15) is 5.69 Å². The molecule has 1 heterocycles. The second-order valence-corrected chi connectivity index (χ2v) is 7.12. The molecule has 0 atom stereocenters. The van der Waals surface area contributed by atoms with Crippen LogP contribution in [0.1, 0.15) is 47.8 Å². The monoisotopic (exact) mass is 420 g/mol. The molecular weight excluding hydrogens is 392 g/mol. The van der Waals surface area contributed by atoms with Crippen molar-refractivity contribution in [3.63, 3.8) is 0 Å². The predicted molar refractivity (Wildman–Crippen MR) is 121 cm³/mol. The van der Waals surface area contributed by atoms with Gasteiger partial charge >= 0.3 is 0 Å². The minimum atomic E-state index is -0.637. The van der Waals surface area contributed by atoms with Crippen molar-refractivity contribution in [3.8, 4) is 17.4 Å². The van der Waals surface area contributed by atoms with E-state index >= 15 is 0 Å². The number of carbonyl (C=O) groups excluding carboxylic acids is 1. The maximum atomic E-state index is 11.2. The zero-order valence-corrected chi connectivity index (χ0v) is 17.9. The highest BCUT2D eigenvalue weighted by atomic mass is 16.5. The van der Waals surface area contributed by atoms with E-state index in [2.05, 4.69) is 28.3 Å². The fourth-order valence-corrected chi connectivity index (χ4v) is 3.30. The van der Waals surface area contributed by atoms with E-state index < -0.39 is 5.91 Å². The smallest absolute Gasteiger partial charge is 0.268 e. The summed E-state index contributed by atoms with van der Waals surface area (Å²) in [5.41, 5.74) is 8.60. The summed E-state index contributed by atoms with van der Waals surface area (Å²) >= 11 is 0. The van der Waals surface area contributed by atoms with Gasteiger partial charge in [-0.3, -0.25) is 4.79 Å². The average Bonchev–Trinajstić information content (AvgIpc) is 2.79. The number of unbranched alkanes of at least 4 members (excludes halogenated alkanes) is 2. The number of carbonyl (C=O) groups is 1. The number of aryl methyl sites for hydroxylation is 1. The number of nitrogens with zero attached hydrogens (tertiary/aromatic N) is 2. The molecule has 0 aliphatic rings. The molecule has 0 radical (unpaired) electrons. The van der Waals surface area contributed by atoms with E-state index in [0.29, 0.717) is 18.0 Å². The van der Waals surface area contributed by atoms with Crippen LogP contribution in [-0.2, 0) is 13.0 Å². The third-order valence-electron chi connectivity index (χ3n) is 4.91. The van der Waals surface area contributed by atoms with E-state index in [9.17, 15) is 4.79 Å². The lowest BCUT2D eigenvalue weighted by Gasteiger charge is -2.18. The lowest BCUT2D eigenvalue weighted by molar-refractivity contribution is 0.0995. The van der Waals surface area contributed by atoms with Crippen molar-refractivity contribution >= 4 is 11.6 Å². The number of ether oxygens (including phenoxy) is 2. The Hall–Kier alpha value is -3.61. The minimum absolute atomic E-state index is 0.0818. The van der Waals surface area contributed by atoms with Gasteiger partial charge in [-0.25, -0.2) is 9.97 Å². The number of primary amides is 1. The molecule has 0 spiro atoms. The van der Waals surface area contributed by atoms with Crippen LogP contribution in [0.5, 0.6) is 17.4 Å². The van der Waals surface area contributed by atoms with Crippen LogP contribution in [0.4, 0.5) is 5.69 Å². The first-order valence-corrected chi connectivity index (χ1v) is 10.4. The molecule has 0 saturated carbocycles. The van der Waals surface area contributed by atoms with Crippen LogP contribution >= 0.6 is 0 Å². The van der Waals surface area contributed by atoms with Gasteiger partial charge in [0.15, 0.2) is 11.5 Å². The van der Waals surface area contributed by atoms with Gasteiger partial charge in [0.25, 0.3) is 5.91 Å². The second kappa shape index (κ2) is 11.0. The maximum absolute atomic E-state index is 11.2. The number of aromatic nitrogens is 2. The topological polar surface area (TPSA) is 99.4 Å². The van der Waals surface area contributed by atoms with Crippen LogP contribution in [0.25, 0.3) is 0 Å². The van der Waals surface area contributed by atoms with Gasteiger partial charge in [-0.15, -0.1) is 0 Å². The molecule has 0 aliphatic heterocycles. The molecule has 0 saturated heterocycles. The number of hydrogen-bond acceptors (Lipinski definition) is 6. The number of methoxy groups -OCH3 is 1. The van der Waals surface area contributed by atoms with Gasteiger partial charge in [0.2, 0.25) is 5.88 Å². The molecule has 0 aliphatic carbocycles. The molecule has 31 heavy (non-hydrogen) atoms. The van der Waals surface area contributed by atoms with Crippen molar-refractivity contribution in [2.75, 3.05) is 12.4 Å². The number of nitrogens with two attached hydrogens (primary N) is 1. The van der Waals surface area contributed by atoms with Crippen LogP contribution in [0.15, 0.2) is 54.9 Å². The van der Waals surface area contributed by atoms with Crippen LogP contribution in [0.3, 0.4) is 0 Å². The van der Waals surface area contributed by atoms with Gasteiger partial charge in [-0.2, -0.15) is 0 Å². The molecule has 0 fully saturated rings. The largest absolute Gasteiger partial charge is 0.492 e. The molecule has 162 valence electrons. The number of amides is 1. The van der Waals surface area contributed by atoms with Gasteiger partial charge in [0, 0.05) is 17.8 Å². The Labute approximate surface area is 182 Å². The van der Waals surface area contributed by atoms with Crippen LogP contribution in [0.2, 0.25) is 0 Å². The van der Waals surface area contributed by atoms with Crippen LogP contribution in [0, 0.1) is 0 Å². The van der Waals surface area contributed by atoms with Gasteiger partial charge in [-0.1, -0.05) is 44.0 Å². The Morgan fingerprint density at radius 2 is 1.87 bits per heavy atom. The van der Waals surface area contributed by atoms with Gasteiger partial charge in [0.05, 0.1) is 19.5 Å². The zero-order chi connectivity index (χ0) is 22.1. The van der Waals surface area contributed by atoms with Crippen molar-refractivity contribution < 1.29 is 14.3 Å². The van der Waals surface area contributed by atoms with Gasteiger partial charge < -0.3 is 20.5 Å². The summed E-state index contributed by atoms with van der Waals surface area (Å²) in [5.74, 6) is 0.803. The van der Waals surface area contributed by atoms with E-state index in [1.165, 1.54) is 24.4 Å². The zero-order valence-electron chi connectivity index (χ0n) is 17.9. The van der Waals surface area contributed by atoms with Crippen molar-refractivity contribution in [3.05, 3.63) is 71.7 Å². The number of anilines is 1. The highest BCUT2D eigenvalue weighted by molar-refractivity contribution is 5.90. The van der Waals surface area contributed by atoms with E-state index in [0.717, 1.165) is 30.5 Å². The molecule has 3 aromatic rings. The lowest BCUT2D eigenvalue weighted by Crippen LogP contribution is -2.13. The van der Waals surface area contributed by atoms with Crippen molar-refractivity contribution in [1.29, 1.82) is 0 Å². The summed E-state index contributed by atoms with van der Waals surface area (Å²) < 4.78 is 11.7. The Balaban J connectivity index is 1.88. The summed E-state index contributed by atoms with van der Waals surface area (Å²) in [6, 6.07) is 14.0. The highest BCUT2D eigenvalue weighted by Crippen LogP contribution is 2.37. The normalized spacial score (nSPS) is 10.5. The first kappa shape index (κ1) is 22.1. The van der Waals surface area contributed by atoms with Crippen LogP contribution in [-0.4, -0.2) is 23.0 Å². The number of rotatable bonds is 11. The van der Waals surface area contributed by atoms with Crippen LogP contribution < -0.4 is 20.5 Å². The molecule has 0 bridgehead atoms. The van der Waals surface area contributed by atoms with E-state index in [1.807, 2.05) is 36.4 Å². The fourth-order valence-electron chi connectivity index (χ4n) is 3.30. The molecule has 1 amide bonds. The standard InChI is InChI=1S/C24H28N4O3/c1-3-4-6-9-17-12-13-21(31-22-16-27-20(15-28-22)24(25)29)23(30-2)19(17)14-26-18-10-7-5-8-11-18/h5,7-8,10-13,15-16,26H,3-4,6,9,14H2,1-2H3,(H2,25,29). The van der Waals surface area contributed by atoms with Crippen molar-refractivity contribution in [2.24, 2.45) is 5.73 Å². The predicted octanol–water partition coefficient (Wildman–Crippen LogP) is 4.72. The van der Waals surface area contributed by atoms with E-state index in [4.69, 9.17) is 15.2 Å². The van der Waals surface area contributed by atoms with E-state index in [1.54, 1.807) is 7.11 Å². The molecule has 7 nitrogen and oxygen atoms in total. The molecule has 7 heteroatoms. The third kappa shape index (κ3) is 5.94. The third-order valence-corrected chi connectivity index (χ3v) is 4.91. The molecular formula is C24H28N4O3. The second-order valence-electron chi connectivity index (χ2n) is 7.12. The molecule has 2 aromatic carbocycles. The SMILES string of the molecule is CCCCCc1ccc(Oc2cnc(C(N)=O)cn2)c(OC)c1CNc1ccccc1. The average molecular weight is 421 g/mol.